The lowest BCUT2D eigenvalue weighted by atomic mass is 9.78. The summed E-state index contributed by atoms with van der Waals surface area (Å²) in [6, 6.07) is 5.24. The lowest BCUT2D eigenvalue weighted by molar-refractivity contribution is -0.112. The van der Waals surface area contributed by atoms with Crippen LogP contribution in [0.15, 0.2) is 63.6 Å². The zero-order valence-electron chi connectivity index (χ0n) is 33.8. The number of hydrogen-bond donors (Lipinski definition) is 5. The Balaban J connectivity index is 1.60. The number of methoxy groups -OCH3 is 1. The van der Waals surface area contributed by atoms with Crippen LogP contribution in [0.4, 0.5) is 11.4 Å². The number of carbonyl (C=O) groups is 2. The molecule has 6 rings (SSSR count). The number of hydrogen-bond acceptors (Lipinski definition) is 13. The number of fused-ring (bicyclic) bond motifs is 2. The monoisotopic (exact) mass is 785 g/mol. The van der Waals surface area contributed by atoms with Crippen molar-refractivity contribution in [1.82, 2.24) is 4.98 Å². The van der Waals surface area contributed by atoms with Crippen molar-refractivity contribution < 1.29 is 48.6 Å². The Morgan fingerprint density at radius 1 is 0.930 bits per heavy atom. The van der Waals surface area contributed by atoms with Gasteiger partial charge in [-0.25, -0.2) is 4.98 Å². The number of phenolic OH excluding ortho intramolecular Hbond substituents is 1. The Morgan fingerprint density at radius 3 is 2.26 bits per heavy atom. The van der Waals surface area contributed by atoms with Crippen LogP contribution in [0, 0.1) is 30.6 Å². The second kappa shape index (κ2) is 15.6. The van der Waals surface area contributed by atoms with Crippen LogP contribution in [0.1, 0.15) is 57.5 Å². The van der Waals surface area contributed by atoms with E-state index in [0.717, 1.165) is 5.69 Å². The van der Waals surface area contributed by atoms with Crippen molar-refractivity contribution in [2.45, 2.75) is 78.7 Å². The highest BCUT2D eigenvalue weighted by Crippen LogP contribution is 2.50. The number of ether oxygens (including phenoxy) is 3. The summed E-state index contributed by atoms with van der Waals surface area (Å²) < 4.78 is 24.2. The van der Waals surface area contributed by atoms with E-state index in [9.17, 15) is 34.8 Å². The van der Waals surface area contributed by atoms with Crippen molar-refractivity contribution in [3.8, 4) is 23.0 Å². The fourth-order valence-corrected chi connectivity index (χ4v) is 7.68. The van der Waals surface area contributed by atoms with Crippen molar-refractivity contribution >= 4 is 44.9 Å². The number of ketones is 1. The smallest absolute Gasteiger partial charge is 0.312 e. The summed E-state index contributed by atoms with van der Waals surface area (Å²) in [7, 11) is 5.16. The fourth-order valence-electron chi connectivity index (χ4n) is 7.68. The third kappa shape index (κ3) is 7.15. The number of allylic oxidation sites excluding steroid dienone is 2. The van der Waals surface area contributed by atoms with Crippen LogP contribution in [-0.4, -0.2) is 88.5 Å². The quantitative estimate of drug-likeness (QED) is 0.127. The molecule has 2 aromatic carbocycles. The molecule has 57 heavy (non-hydrogen) atoms. The van der Waals surface area contributed by atoms with E-state index in [-0.39, 0.29) is 55.9 Å². The van der Waals surface area contributed by atoms with Gasteiger partial charge in [0.2, 0.25) is 5.43 Å². The summed E-state index contributed by atoms with van der Waals surface area (Å²) in [5, 5.41) is 47.9. The Hall–Kier alpha value is -5.28. The summed E-state index contributed by atoms with van der Waals surface area (Å²) in [6.45, 7) is 11.3. The van der Waals surface area contributed by atoms with Gasteiger partial charge in [-0.2, -0.15) is 0 Å². The minimum absolute atomic E-state index is 0.0121. The van der Waals surface area contributed by atoms with Gasteiger partial charge in [-0.1, -0.05) is 45.9 Å². The van der Waals surface area contributed by atoms with Crippen molar-refractivity contribution in [3.05, 3.63) is 75.7 Å². The van der Waals surface area contributed by atoms with E-state index < -0.39 is 76.7 Å². The van der Waals surface area contributed by atoms with Gasteiger partial charge in [-0.3, -0.25) is 14.4 Å². The first-order chi connectivity index (χ1) is 26.8. The molecule has 0 aromatic heterocycles. The van der Waals surface area contributed by atoms with Gasteiger partial charge >= 0.3 is 5.79 Å². The van der Waals surface area contributed by atoms with Crippen LogP contribution < -0.4 is 20.4 Å². The number of phenols is 1. The number of aromatic nitrogens is 1. The molecule has 1 amide bonds. The molecule has 14 nitrogen and oxygen atoms in total. The van der Waals surface area contributed by atoms with Gasteiger partial charge in [-0.15, -0.1) is 0 Å². The molecule has 14 heteroatoms. The molecule has 0 spiro atoms. The molecule has 5 N–H and O–H groups in total. The normalized spacial score (nSPS) is 30.9. The molecule has 3 heterocycles. The SMILES string of the molecule is CO[C@H]1/C=C/O[C@@]2(C)Oc3c(C)c(O)c4c(=O)c(c5oc6ccc(N(C)C)cc6nc-5c4c3C2=O)NC(=O)/C(C)=C\C=C\[C@H](C)[C@H](O)[C@@H](C)[C@@H](O)[C@@H](C)[C@H](O)[C@@H]1C. The molecule has 304 valence electrons. The maximum absolute atomic E-state index is 14.5. The van der Waals surface area contributed by atoms with Crippen LogP contribution in [0.2, 0.25) is 0 Å². The molecule has 2 aromatic rings. The van der Waals surface area contributed by atoms with E-state index in [2.05, 4.69) is 5.32 Å². The number of nitrogens with one attached hydrogen (secondary N) is 1. The average Bonchev–Trinajstić information content (AvgIpc) is 3.45. The molecule has 0 fully saturated rings. The largest absolute Gasteiger partial charge is 0.507 e. The number of Topliss-reactive ketones (excluding diaryl/α,β-unsaturated/α-hetero) is 1. The maximum Gasteiger partial charge on any atom is 0.312 e. The van der Waals surface area contributed by atoms with Gasteiger partial charge in [0, 0.05) is 74.0 Å². The van der Waals surface area contributed by atoms with Crippen LogP contribution in [0.25, 0.3) is 33.3 Å². The number of benzene rings is 3. The van der Waals surface area contributed by atoms with Gasteiger partial charge in [0.15, 0.2) is 11.3 Å². The Bertz CT molecular complexity index is 2360. The molecule has 3 aliphatic heterocycles. The standard InChI is InChI=1S/C43H51N3O11/c1-19-12-11-13-20(2)42(53)45-33-38(51)30-29(32-40(33)56-28-15-14-25(46(8)9)18-26(28)44-32)31-39(24(6)37(30)50)57-43(7,41(31)52)55-17-16-27(54-10)21(3)35(48)23(5)36(49)22(4)34(19)47/h11-19,21-23,27,34-36,47-50H,1-10H3,(H,45,53)/b12-11+,17-16+,20-13-/t19-,21+,22+,23-,27-,34-,35+,36+,43-/m0/s1. The molecular formula is C43H51N3O11. The highest BCUT2D eigenvalue weighted by molar-refractivity contribution is 6.22. The molecular weight excluding hydrogens is 734 g/mol. The lowest BCUT2D eigenvalue weighted by Gasteiger charge is -2.36. The maximum atomic E-state index is 14.5. The summed E-state index contributed by atoms with van der Waals surface area (Å²) in [5.41, 5.74) is 0.533. The summed E-state index contributed by atoms with van der Waals surface area (Å²) >= 11 is 0. The summed E-state index contributed by atoms with van der Waals surface area (Å²) in [5.74, 6) is -6.39. The van der Waals surface area contributed by atoms with Gasteiger partial charge in [0.25, 0.3) is 11.7 Å². The molecule has 0 saturated carbocycles. The van der Waals surface area contributed by atoms with Crippen LogP contribution in [-0.2, 0) is 14.3 Å². The molecule has 0 radical (unpaired) electrons. The number of anilines is 2. The first-order valence-corrected chi connectivity index (χ1v) is 18.9. The number of aliphatic hydroxyl groups is 3. The van der Waals surface area contributed by atoms with Crippen molar-refractivity contribution in [2.24, 2.45) is 23.7 Å². The minimum atomic E-state index is -1.99. The van der Waals surface area contributed by atoms with Gasteiger partial charge < -0.3 is 49.3 Å². The number of aromatic hydroxyl groups is 1. The van der Waals surface area contributed by atoms with E-state index in [1.807, 2.05) is 19.0 Å². The second-order valence-electron chi connectivity index (χ2n) is 15.7. The average molecular weight is 786 g/mol. The van der Waals surface area contributed by atoms with Gasteiger partial charge in [0.05, 0.1) is 41.6 Å². The van der Waals surface area contributed by atoms with E-state index in [4.69, 9.17) is 23.6 Å². The molecule has 9 atom stereocenters. The number of carbonyl (C=O) groups excluding carboxylic acids is 2. The Morgan fingerprint density at radius 2 is 1.60 bits per heavy atom. The topological polar surface area (TPSA) is 201 Å². The zero-order chi connectivity index (χ0) is 41.8. The number of aliphatic hydroxyl groups excluding tert-OH is 3. The van der Waals surface area contributed by atoms with E-state index in [1.54, 1.807) is 58.0 Å². The van der Waals surface area contributed by atoms with Crippen molar-refractivity contribution in [3.63, 3.8) is 0 Å². The molecule has 1 aliphatic carbocycles. The first-order valence-electron chi connectivity index (χ1n) is 18.9. The molecule has 0 saturated heterocycles. The third-order valence-electron chi connectivity index (χ3n) is 11.6. The van der Waals surface area contributed by atoms with E-state index >= 15 is 0 Å². The van der Waals surface area contributed by atoms with E-state index in [1.165, 1.54) is 46.3 Å². The van der Waals surface area contributed by atoms with E-state index in [0.29, 0.717) is 5.52 Å². The minimum Gasteiger partial charge on any atom is -0.507 e. The van der Waals surface area contributed by atoms with Crippen molar-refractivity contribution in [2.75, 3.05) is 31.4 Å². The van der Waals surface area contributed by atoms with Crippen molar-refractivity contribution in [1.29, 1.82) is 0 Å². The number of amides is 1. The predicted molar refractivity (Wildman–Crippen MR) is 216 cm³/mol. The van der Waals surface area contributed by atoms with Crippen LogP contribution in [0.3, 0.4) is 0 Å². The van der Waals surface area contributed by atoms with Crippen LogP contribution >= 0.6 is 0 Å². The third-order valence-corrected chi connectivity index (χ3v) is 11.6. The highest BCUT2D eigenvalue weighted by atomic mass is 16.7. The number of rotatable bonds is 2. The highest BCUT2D eigenvalue weighted by Gasteiger charge is 2.50. The summed E-state index contributed by atoms with van der Waals surface area (Å²) in [6.07, 6.45) is 3.56. The van der Waals surface area contributed by atoms with Crippen LogP contribution in [0.5, 0.6) is 11.5 Å². The Kier molecular flexibility index (Phi) is 11.3. The summed E-state index contributed by atoms with van der Waals surface area (Å²) in [4.78, 5) is 49.6. The molecule has 4 aliphatic rings. The zero-order valence-corrected chi connectivity index (χ0v) is 33.8. The number of nitrogens with zero attached hydrogens (tertiary/aromatic N) is 2. The molecule has 4 bridgehead atoms. The fraction of sp³-hybridized carbons (Fsp3) is 0.442. The van der Waals surface area contributed by atoms with Gasteiger partial charge in [0.1, 0.15) is 28.4 Å². The first kappa shape index (κ1) is 41.4. The second-order valence-corrected chi connectivity index (χ2v) is 15.7. The van der Waals surface area contributed by atoms with Gasteiger partial charge in [-0.05, 0) is 38.1 Å². The predicted octanol–water partition coefficient (Wildman–Crippen LogP) is 5.44. The molecule has 0 unspecified atom stereocenters. The lowest BCUT2D eigenvalue weighted by Crippen LogP contribution is -2.44. The Labute approximate surface area is 330 Å².